The highest BCUT2D eigenvalue weighted by Crippen LogP contribution is 2.17. The number of methoxy groups -OCH3 is 1. The molecule has 1 fully saturated rings. The fraction of sp³-hybridized carbons (Fsp3) is 0.333. The molecule has 0 saturated carbocycles. The van der Waals surface area contributed by atoms with Crippen LogP contribution in [-0.2, 0) is 9.53 Å². The lowest BCUT2D eigenvalue weighted by atomic mass is 10.1. The van der Waals surface area contributed by atoms with Crippen molar-refractivity contribution in [2.24, 2.45) is 0 Å². The van der Waals surface area contributed by atoms with Crippen LogP contribution in [0.2, 0.25) is 0 Å². The summed E-state index contributed by atoms with van der Waals surface area (Å²) in [7, 11) is 1.33. The molecule has 0 spiro atoms. The predicted octanol–water partition coefficient (Wildman–Crippen LogP) is 2.62. The minimum Gasteiger partial charge on any atom is -0.465 e. The smallest absolute Gasteiger partial charge is 0.339 e. The molecule has 0 atom stereocenters. The van der Waals surface area contributed by atoms with Crippen LogP contribution in [0.25, 0.3) is 0 Å². The van der Waals surface area contributed by atoms with E-state index in [2.05, 4.69) is 39.4 Å². The van der Waals surface area contributed by atoms with Crippen molar-refractivity contribution in [1.29, 1.82) is 0 Å². The quantitative estimate of drug-likeness (QED) is 0.796. The van der Waals surface area contributed by atoms with Gasteiger partial charge < -0.3 is 15.0 Å². The SMILES string of the molecule is COC(=O)c1ccccc1NC(=O)CCN1CCN(c2ccccc2)CC1. The Labute approximate surface area is 159 Å². The molecule has 6 nitrogen and oxygen atoms in total. The maximum absolute atomic E-state index is 12.3. The lowest BCUT2D eigenvalue weighted by Gasteiger charge is -2.36. The summed E-state index contributed by atoms with van der Waals surface area (Å²) >= 11 is 0. The third-order valence-corrected chi connectivity index (χ3v) is 4.76. The van der Waals surface area contributed by atoms with Gasteiger partial charge in [-0.25, -0.2) is 4.79 Å². The zero-order valence-electron chi connectivity index (χ0n) is 15.6. The predicted molar refractivity (Wildman–Crippen MR) is 106 cm³/mol. The highest BCUT2D eigenvalue weighted by Gasteiger charge is 2.18. The molecule has 2 aromatic carbocycles. The van der Waals surface area contributed by atoms with Gasteiger partial charge in [-0.1, -0.05) is 30.3 Å². The molecule has 0 bridgehead atoms. The molecule has 142 valence electrons. The highest BCUT2D eigenvalue weighted by molar-refractivity contribution is 6.01. The molecule has 1 aliphatic heterocycles. The first-order valence-corrected chi connectivity index (χ1v) is 9.17. The number of anilines is 2. The van der Waals surface area contributed by atoms with Gasteiger partial charge in [0, 0.05) is 44.8 Å². The number of esters is 1. The lowest BCUT2D eigenvalue weighted by molar-refractivity contribution is -0.116. The Hall–Kier alpha value is -2.86. The van der Waals surface area contributed by atoms with Gasteiger partial charge in [-0.2, -0.15) is 0 Å². The van der Waals surface area contributed by atoms with Crippen molar-refractivity contribution in [3.63, 3.8) is 0 Å². The molecule has 0 radical (unpaired) electrons. The number of hydrogen-bond acceptors (Lipinski definition) is 5. The standard InChI is InChI=1S/C21H25N3O3/c1-27-21(26)18-9-5-6-10-19(18)22-20(25)11-12-23-13-15-24(16-14-23)17-7-3-2-4-8-17/h2-10H,11-16H2,1H3,(H,22,25). The summed E-state index contributed by atoms with van der Waals surface area (Å²) in [4.78, 5) is 28.7. The Balaban J connectivity index is 1.46. The van der Waals surface area contributed by atoms with Crippen LogP contribution in [0.1, 0.15) is 16.8 Å². The molecule has 3 rings (SSSR count). The largest absolute Gasteiger partial charge is 0.465 e. The Morgan fingerprint density at radius 3 is 2.33 bits per heavy atom. The number of nitrogens with one attached hydrogen (secondary N) is 1. The molecular formula is C21H25N3O3. The van der Waals surface area contributed by atoms with Crippen molar-refractivity contribution in [3.8, 4) is 0 Å². The van der Waals surface area contributed by atoms with Crippen LogP contribution in [0.4, 0.5) is 11.4 Å². The number of carbonyl (C=O) groups excluding carboxylic acids is 2. The van der Waals surface area contributed by atoms with E-state index < -0.39 is 5.97 Å². The zero-order valence-corrected chi connectivity index (χ0v) is 15.6. The molecule has 0 unspecified atom stereocenters. The fourth-order valence-electron chi connectivity index (χ4n) is 3.22. The van der Waals surface area contributed by atoms with Crippen molar-refractivity contribution < 1.29 is 14.3 Å². The maximum Gasteiger partial charge on any atom is 0.339 e. The van der Waals surface area contributed by atoms with Gasteiger partial charge in [0.1, 0.15) is 0 Å². The monoisotopic (exact) mass is 367 g/mol. The van der Waals surface area contributed by atoms with Crippen LogP contribution in [0.5, 0.6) is 0 Å². The van der Waals surface area contributed by atoms with Gasteiger partial charge in [0.25, 0.3) is 0 Å². The van der Waals surface area contributed by atoms with Gasteiger partial charge in [0.2, 0.25) is 5.91 Å². The summed E-state index contributed by atoms with van der Waals surface area (Å²) in [5, 5.41) is 2.82. The van der Waals surface area contributed by atoms with Gasteiger partial charge in [0.05, 0.1) is 18.4 Å². The number of benzene rings is 2. The van der Waals surface area contributed by atoms with E-state index >= 15 is 0 Å². The third kappa shape index (κ3) is 5.08. The van der Waals surface area contributed by atoms with Crippen LogP contribution < -0.4 is 10.2 Å². The molecule has 27 heavy (non-hydrogen) atoms. The molecule has 1 amide bonds. The van der Waals surface area contributed by atoms with Crippen molar-refractivity contribution in [2.75, 3.05) is 50.1 Å². The summed E-state index contributed by atoms with van der Waals surface area (Å²) in [5.74, 6) is -0.556. The first-order chi connectivity index (χ1) is 13.2. The number of nitrogens with zero attached hydrogens (tertiary/aromatic N) is 2. The van der Waals surface area contributed by atoms with E-state index in [0.29, 0.717) is 24.2 Å². The maximum atomic E-state index is 12.3. The summed E-state index contributed by atoms with van der Waals surface area (Å²) in [6, 6.07) is 17.3. The number of amides is 1. The highest BCUT2D eigenvalue weighted by atomic mass is 16.5. The number of ether oxygens (including phenoxy) is 1. The molecule has 1 heterocycles. The van der Waals surface area contributed by atoms with E-state index in [1.165, 1.54) is 12.8 Å². The summed E-state index contributed by atoms with van der Waals surface area (Å²) in [6.45, 7) is 4.48. The second-order valence-electron chi connectivity index (χ2n) is 6.50. The average Bonchev–Trinajstić information content (AvgIpc) is 2.73. The fourth-order valence-corrected chi connectivity index (χ4v) is 3.22. The second-order valence-corrected chi connectivity index (χ2v) is 6.50. The minimum absolute atomic E-state index is 0.100. The lowest BCUT2D eigenvalue weighted by Crippen LogP contribution is -2.47. The Bertz CT molecular complexity index is 771. The Morgan fingerprint density at radius 1 is 0.963 bits per heavy atom. The molecule has 6 heteroatoms. The van der Waals surface area contributed by atoms with Gasteiger partial charge in [-0.3, -0.25) is 9.69 Å². The normalized spacial score (nSPS) is 14.6. The average molecular weight is 367 g/mol. The van der Waals surface area contributed by atoms with E-state index in [1.807, 2.05) is 6.07 Å². The molecule has 2 aromatic rings. The number of carbonyl (C=O) groups is 2. The summed E-state index contributed by atoms with van der Waals surface area (Å²) in [6.07, 6.45) is 0.390. The Kier molecular flexibility index (Phi) is 6.44. The van der Waals surface area contributed by atoms with E-state index in [9.17, 15) is 9.59 Å². The zero-order chi connectivity index (χ0) is 19.1. The van der Waals surface area contributed by atoms with E-state index in [-0.39, 0.29) is 5.91 Å². The summed E-state index contributed by atoms with van der Waals surface area (Å²) in [5.41, 5.74) is 2.10. The van der Waals surface area contributed by atoms with Gasteiger partial charge >= 0.3 is 5.97 Å². The van der Waals surface area contributed by atoms with E-state index in [4.69, 9.17) is 4.74 Å². The van der Waals surface area contributed by atoms with E-state index in [1.54, 1.807) is 24.3 Å². The number of rotatable bonds is 6. The number of para-hydroxylation sites is 2. The van der Waals surface area contributed by atoms with Gasteiger partial charge in [-0.05, 0) is 24.3 Å². The number of piperazine rings is 1. The number of hydrogen-bond donors (Lipinski definition) is 1. The van der Waals surface area contributed by atoms with Crippen LogP contribution >= 0.6 is 0 Å². The van der Waals surface area contributed by atoms with Crippen LogP contribution in [0, 0.1) is 0 Å². The van der Waals surface area contributed by atoms with Crippen LogP contribution in [0.15, 0.2) is 54.6 Å². The van der Waals surface area contributed by atoms with Crippen molar-refractivity contribution in [2.45, 2.75) is 6.42 Å². The van der Waals surface area contributed by atoms with Crippen molar-refractivity contribution >= 4 is 23.3 Å². The molecule has 1 saturated heterocycles. The van der Waals surface area contributed by atoms with Gasteiger partial charge in [-0.15, -0.1) is 0 Å². The summed E-state index contributed by atoms with van der Waals surface area (Å²) < 4.78 is 4.76. The van der Waals surface area contributed by atoms with Crippen LogP contribution in [-0.4, -0.2) is 56.6 Å². The molecular weight excluding hydrogens is 342 g/mol. The van der Waals surface area contributed by atoms with Crippen molar-refractivity contribution in [1.82, 2.24) is 4.90 Å². The first kappa shape index (κ1) is 18.9. The molecule has 1 aliphatic rings. The molecule has 0 aromatic heterocycles. The first-order valence-electron chi connectivity index (χ1n) is 9.17. The Morgan fingerprint density at radius 2 is 1.63 bits per heavy atom. The van der Waals surface area contributed by atoms with Crippen molar-refractivity contribution in [3.05, 3.63) is 60.2 Å². The van der Waals surface area contributed by atoms with Crippen LogP contribution in [0.3, 0.4) is 0 Å². The van der Waals surface area contributed by atoms with E-state index in [0.717, 1.165) is 26.2 Å². The minimum atomic E-state index is -0.456. The topological polar surface area (TPSA) is 61.9 Å². The third-order valence-electron chi connectivity index (χ3n) is 4.76. The molecule has 0 aliphatic carbocycles. The second kappa shape index (κ2) is 9.19. The molecule has 1 N–H and O–H groups in total. The van der Waals surface area contributed by atoms with Gasteiger partial charge in [0.15, 0.2) is 0 Å².